The highest BCUT2D eigenvalue weighted by Gasteiger charge is 2.39. The summed E-state index contributed by atoms with van der Waals surface area (Å²) in [5, 5.41) is 9.06. The first-order valence-corrected chi connectivity index (χ1v) is 8.76. The van der Waals surface area contributed by atoms with E-state index < -0.39 is 5.97 Å². The molecule has 134 valence electrons. The summed E-state index contributed by atoms with van der Waals surface area (Å²) in [6, 6.07) is 5.98. The molecule has 25 heavy (non-hydrogen) atoms. The number of carbonyl (C=O) groups excluding carboxylic acids is 2. The van der Waals surface area contributed by atoms with E-state index in [0.29, 0.717) is 32.5 Å². The summed E-state index contributed by atoms with van der Waals surface area (Å²) < 4.78 is 0. The second kappa shape index (κ2) is 6.86. The summed E-state index contributed by atoms with van der Waals surface area (Å²) in [7, 11) is 0. The molecule has 2 saturated heterocycles. The number of anilines is 1. The minimum Gasteiger partial charge on any atom is -0.481 e. The quantitative estimate of drug-likeness (QED) is 0.909. The summed E-state index contributed by atoms with van der Waals surface area (Å²) >= 11 is 0. The monoisotopic (exact) mass is 344 g/mol. The number of aryl methyl sites for hydroxylation is 2. The van der Waals surface area contributed by atoms with E-state index >= 15 is 0 Å². The maximum Gasteiger partial charge on any atom is 0.306 e. The first-order valence-electron chi connectivity index (χ1n) is 8.76. The molecule has 6 heteroatoms. The molecule has 0 bridgehead atoms. The van der Waals surface area contributed by atoms with Crippen molar-refractivity contribution in [1.29, 1.82) is 0 Å². The molecule has 0 aromatic heterocycles. The fraction of sp³-hybridized carbons (Fsp3) is 0.526. The maximum atomic E-state index is 12.8. The lowest BCUT2D eigenvalue weighted by Crippen LogP contribution is -2.43. The molecule has 0 saturated carbocycles. The number of hydrogen-bond acceptors (Lipinski definition) is 3. The van der Waals surface area contributed by atoms with Gasteiger partial charge in [-0.25, -0.2) is 0 Å². The highest BCUT2D eigenvalue weighted by Crippen LogP contribution is 2.30. The van der Waals surface area contributed by atoms with Crippen LogP contribution in [0.15, 0.2) is 18.2 Å². The molecule has 2 heterocycles. The molecule has 0 unspecified atom stereocenters. The normalized spacial score (nSPS) is 21.7. The van der Waals surface area contributed by atoms with Crippen molar-refractivity contribution in [1.82, 2.24) is 4.90 Å². The van der Waals surface area contributed by atoms with Gasteiger partial charge in [0.15, 0.2) is 0 Å². The summed E-state index contributed by atoms with van der Waals surface area (Å²) in [4.78, 5) is 39.7. The third-order valence-electron chi connectivity index (χ3n) is 5.29. The molecule has 6 nitrogen and oxygen atoms in total. The Hall–Kier alpha value is -2.37. The van der Waals surface area contributed by atoms with E-state index in [1.165, 1.54) is 0 Å². The first-order chi connectivity index (χ1) is 11.9. The molecule has 1 aromatic rings. The van der Waals surface area contributed by atoms with Gasteiger partial charge in [0.1, 0.15) is 0 Å². The van der Waals surface area contributed by atoms with Gasteiger partial charge in [-0.2, -0.15) is 0 Å². The van der Waals surface area contributed by atoms with E-state index in [4.69, 9.17) is 5.11 Å². The Bertz CT molecular complexity index is 707. The van der Waals surface area contributed by atoms with Crippen LogP contribution in [0.3, 0.4) is 0 Å². The minimum atomic E-state index is -0.788. The number of hydrogen-bond donors (Lipinski definition) is 1. The molecule has 2 amide bonds. The molecule has 2 aliphatic heterocycles. The first kappa shape index (κ1) is 17.5. The molecule has 1 atom stereocenters. The average molecular weight is 344 g/mol. The Morgan fingerprint density at radius 2 is 1.80 bits per heavy atom. The Balaban J connectivity index is 1.67. The highest BCUT2D eigenvalue weighted by molar-refractivity contribution is 6.00. The zero-order valence-electron chi connectivity index (χ0n) is 14.7. The molecule has 1 N–H and O–H groups in total. The van der Waals surface area contributed by atoms with Gasteiger partial charge >= 0.3 is 5.97 Å². The molecule has 0 radical (unpaired) electrons. The predicted molar refractivity (Wildman–Crippen MR) is 93.3 cm³/mol. The number of aliphatic carboxylic acids is 1. The van der Waals surface area contributed by atoms with Gasteiger partial charge in [0, 0.05) is 31.7 Å². The Morgan fingerprint density at radius 3 is 2.44 bits per heavy atom. The second-order valence-corrected chi connectivity index (χ2v) is 7.13. The zero-order chi connectivity index (χ0) is 18.1. The summed E-state index contributed by atoms with van der Waals surface area (Å²) in [5.41, 5.74) is 2.98. The zero-order valence-corrected chi connectivity index (χ0v) is 14.7. The van der Waals surface area contributed by atoms with Crippen LogP contribution in [0.5, 0.6) is 0 Å². The Morgan fingerprint density at radius 1 is 1.12 bits per heavy atom. The fourth-order valence-corrected chi connectivity index (χ4v) is 3.72. The third kappa shape index (κ3) is 3.52. The maximum absolute atomic E-state index is 12.8. The molecule has 0 spiro atoms. The number of carboxylic acids is 1. The van der Waals surface area contributed by atoms with Gasteiger partial charge in [0.2, 0.25) is 11.8 Å². The van der Waals surface area contributed by atoms with Crippen molar-refractivity contribution in [2.24, 2.45) is 11.8 Å². The van der Waals surface area contributed by atoms with Crippen molar-refractivity contribution in [2.75, 3.05) is 24.5 Å². The number of benzene rings is 1. The van der Waals surface area contributed by atoms with Crippen molar-refractivity contribution in [3.63, 3.8) is 0 Å². The minimum absolute atomic E-state index is 0.0209. The molecule has 0 aliphatic carbocycles. The van der Waals surface area contributed by atoms with Crippen LogP contribution in [-0.4, -0.2) is 47.4 Å². The van der Waals surface area contributed by atoms with Crippen LogP contribution in [0.4, 0.5) is 5.69 Å². The largest absolute Gasteiger partial charge is 0.481 e. The lowest BCUT2D eigenvalue weighted by molar-refractivity contribution is -0.146. The summed E-state index contributed by atoms with van der Waals surface area (Å²) in [6.07, 6.45) is 1.20. The van der Waals surface area contributed by atoms with Gasteiger partial charge in [-0.1, -0.05) is 12.1 Å². The summed E-state index contributed by atoms with van der Waals surface area (Å²) in [5.74, 6) is -1.53. The molecule has 3 rings (SSSR count). The van der Waals surface area contributed by atoms with Crippen molar-refractivity contribution in [3.05, 3.63) is 29.3 Å². The summed E-state index contributed by atoms with van der Waals surface area (Å²) in [6.45, 7) is 5.28. The van der Waals surface area contributed by atoms with Crippen LogP contribution >= 0.6 is 0 Å². The van der Waals surface area contributed by atoms with Gasteiger partial charge in [-0.3, -0.25) is 14.4 Å². The van der Waals surface area contributed by atoms with Crippen LogP contribution in [0.2, 0.25) is 0 Å². The number of carbonyl (C=O) groups is 3. The average Bonchev–Trinajstić information content (AvgIpc) is 2.98. The van der Waals surface area contributed by atoms with E-state index in [9.17, 15) is 14.4 Å². The SMILES string of the molecule is Cc1ccc(C)c(N2C[C@H](C(=O)N3CCC(C(=O)O)CC3)CC2=O)c1. The lowest BCUT2D eigenvalue weighted by atomic mass is 9.95. The third-order valence-corrected chi connectivity index (χ3v) is 5.29. The molecular formula is C19H24N2O4. The second-order valence-electron chi connectivity index (χ2n) is 7.13. The van der Waals surface area contributed by atoms with Crippen LogP contribution < -0.4 is 4.90 Å². The van der Waals surface area contributed by atoms with E-state index in [1.54, 1.807) is 9.80 Å². The van der Waals surface area contributed by atoms with E-state index in [0.717, 1.165) is 16.8 Å². The standard InChI is InChI=1S/C19H24N2O4/c1-12-3-4-13(2)16(9-12)21-11-15(10-17(21)22)18(23)20-7-5-14(6-8-20)19(24)25/h3-4,9,14-15H,5-8,10-11H2,1-2H3,(H,24,25)/t15-/m1/s1. The van der Waals surface area contributed by atoms with Gasteiger partial charge in [0.25, 0.3) is 0 Å². The van der Waals surface area contributed by atoms with Crippen molar-refractivity contribution >= 4 is 23.5 Å². The van der Waals surface area contributed by atoms with Crippen molar-refractivity contribution < 1.29 is 19.5 Å². The molecule has 2 aliphatic rings. The van der Waals surface area contributed by atoms with E-state index in [1.807, 2.05) is 32.0 Å². The van der Waals surface area contributed by atoms with Gasteiger partial charge < -0.3 is 14.9 Å². The number of rotatable bonds is 3. The van der Waals surface area contributed by atoms with Crippen molar-refractivity contribution in [2.45, 2.75) is 33.1 Å². The number of amides is 2. The number of likely N-dealkylation sites (tertiary alicyclic amines) is 1. The van der Waals surface area contributed by atoms with Crippen LogP contribution in [0.25, 0.3) is 0 Å². The topological polar surface area (TPSA) is 77.9 Å². The molecular weight excluding hydrogens is 320 g/mol. The fourth-order valence-electron chi connectivity index (χ4n) is 3.72. The molecule has 2 fully saturated rings. The van der Waals surface area contributed by atoms with E-state index in [-0.39, 0.29) is 30.1 Å². The highest BCUT2D eigenvalue weighted by atomic mass is 16.4. The van der Waals surface area contributed by atoms with Crippen LogP contribution in [0.1, 0.15) is 30.4 Å². The number of carboxylic acid groups (broad SMARTS) is 1. The van der Waals surface area contributed by atoms with Crippen LogP contribution in [0, 0.1) is 25.7 Å². The van der Waals surface area contributed by atoms with E-state index in [2.05, 4.69) is 0 Å². The van der Waals surface area contributed by atoms with Crippen molar-refractivity contribution in [3.8, 4) is 0 Å². The predicted octanol–water partition coefficient (Wildman–Crippen LogP) is 1.98. The van der Waals surface area contributed by atoms with Gasteiger partial charge in [-0.15, -0.1) is 0 Å². The Labute approximate surface area is 147 Å². The smallest absolute Gasteiger partial charge is 0.306 e. The number of nitrogens with zero attached hydrogens (tertiary/aromatic N) is 2. The molecule has 1 aromatic carbocycles. The van der Waals surface area contributed by atoms with Crippen LogP contribution in [-0.2, 0) is 14.4 Å². The van der Waals surface area contributed by atoms with Gasteiger partial charge in [0.05, 0.1) is 11.8 Å². The Kier molecular flexibility index (Phi) is 4.79. The number of piperidine rings is 1. The van der Waals surface area contributed by atoms with Gasteiger partial charge in [-0.05, 0) is 43.9 Å². The lowest BCUT2D eigenvalue weighted by Gasteiger charge is -2.31.